The molecule has 92 valence electrons. The van der Waals surface area contributed by atoms with Crippen LogP contribution in [0.5, 0.6) is 11.5 Å². The fourth-order valence-corrected chi connectivity index (χ4v) is 2.45. The van der Waals surface area contributed by atoms with Crippen LogP contribution in [0.4, 0.5) is 0 Å². The zero-order valence-electron chi connectivity index (χ0n) is 9.54. The van der Waals surface area contributed by atoms with Gasteiger partial charge in [-0.2, -0.15) is 0 Å². The Morgan fingerprint density at radius 3 is 2.50 bits per heavy atom. The van der Waals surface area contributed by atoms with Crippen LogP contribution in [-0.2, 0) is 5.75 Å². The Kier molecular flexibility index (Phi) is 3.89. The second-order valence-electron chi connectivity index (χ2n) is 3.77. The van der Waals surface area contributed by atoms with E-state index in [2.05, 4.69) is 0 Å². The highest BCUT2D eigenvalue weighted by molar-refractivity contribution is 7.98. The molecular formula is C14H12O3S. The molecule has 0 spiro atoms. The maximum Gasteiger partial charge on any atom is 0.161 e. The van der Waals surface area contributed by atoms with Gasteiger partial charge in [0, 0.05) is 21.8 Å². The Bertz CT molecular complexity index is 552. The van der Waals surface area contributed by atoms with Crippen LogP contribution in [0.15, 0.2) is 47.4 Å². The molecule has 0 fully saturated rings. The average Bonchev–Trinajstić information content (AvgIpc) is 2.41. The van der Waals surface area contributed by atoms with Crippen molar-refractivity contribution in [3.8, 4) is 11.5 Å². The number of thioether (sulfide) groups is 1. The maximum absolute atomic E-state index is 10.7. The molecule has 2 aromatic rings. The van der Waals surface area contributed by atoms with Gasteiger partial charge >= 0.3 is 0 Å². The minimum absolute atomic E-state index is 0.163. The molecule has 0 saturated carbocycles. The van der Waals surface area contributed by atoms with Crippen molar-refractivity contribution in [3.05, 3.63) is 53.6 Å². The van der Waals surface area contributed by atoms with Crippen LogP contribution in [0.1, 0.15) is 15.9 Å². The van der Waals surface area contributed by atoms with Crippen molar-refractivity contribution in [3.63, 3.8) is 0 Å². The lowest BCUT2D eigenvalue weighted by atomic mass is 10.1. The van der Waals surface area contributed by atoms with Gasteiger partial charge < -0.3 is 10.2 Å². The second kappa shape index (κ2) is 5.60. The molecule has 0 aliphatic heterocycles. The quantitative estimate of drug-likeness (QED) is 0.503. The van der Waals surface area contributed by atoms with Crippen molar-refractivity contribution in [1.29, 1.82) is 0 Å². The number of phenols is 2. The van der Waals surface area contributed by atoms with E-state index >= 15 is 0 Å². The standard InChI is InChI=1S/C14H12O3S/c15-8-10-6-11(14(17)13(16)7-10)9-18-12-4-2-1-3-5-12/h1-8,16-17H,9H2. The molecule has 2 rings (SSSR count). The number of hydrogen-bond acceptors (Lipinski definition) is 4. The van der Waals surface area contributed by atoms with Crippen molar-refractivity contribution in [2.45, 2.75) is 10.6 Å². The summed E-state index contributed by atoms with van der Waals surface area (Å²) in [5, 5.41) is 19.2. The van der Waals surface area contributed by atoms with Gasteiger partial charge in [0.25, 0.3) is 0 Å². The van der Waals surface area contributed by atoms with Crippen LogP contribution in [0.3, 0.4) is 0 Å². The maximum atomic E-state index is 10.7. The van der Waals surface area contributed by atoms with Gasteiger partial charge in [0.1, 0.15) is 6.29 Å². The van der Waals surface area contributed by atoms with Gasteiger partial charge in [0.2, 0.25) is 0 Å². The first-order valence-corrected chi connectivity index (χ1v) is 6.37. The Morgan fingerprint density at radius 1 is 1.11 bits per heavy atom. The average molecular weight is 260 g/mol. The topological polar surface area (TPSA) is 57.5 Å². The first-order chi connectivity index (χ1) is 8.70. The first kappa shape index (κ1) is 12.5. The second-order valence-corrected chi connectivity index (χ2v) is 4.82. The molecule has 0 atom stereocenters. The molecule has 18 heavy (non-hydrogen) atoms. The van der Waals surface area contributed by atoms with Gasteiger partial charge in [-0.1, -0.05) is 18.2 Å². The lowest BCUT2D eigenvalue weighted by molar-refractivity contribution is 0.112. The van der Waals surface area contributed by atoms with E-state index in [1.807, 2.05) is 30.3 Å². The SMILES string of the molecule is O=Cc1cc(O)c(O)c(CSc2ccccc2)c1. The van der Waals surface area contributed by atoms with Crippen molar-refractivity contribution < 1.29 is 15.0 Å². The summed E-state index contributed by atoms with van der Waals surface area (Å²) in [5.41, 5.74) is 0.903. The minimum atomic E-state index is -0.261. The number of aromatic hydroxyl groups is 2. The van der Waals surface area contributed by atoms with E-state index in [9.17, 15) is 15.0 Å². The molecular weight excluding hydrogens is 248 g/mol. The highest BCUT2D eigenvalue weighted by atomic mass is 32.2. The third-order valence-corrected chi connectivity index (χ3v) is 3.53. The molecule has 0 aliphatic carbocycles. The summed E-state index contributed by atoms with van der Waals surface area (Å²) in [6.45, 7) is 0. The molecule has 0 heterocycles. The van der Waals surface area contributed by atoms with E-state index in [1.54, 1.807) is 6.07 Å². The third-order valence-electron chi connectivity index (χ3n) is 2.46. The summed E-state index contributed by atoms with van der Waals surface area (Å²) < 4.78 is 0. The zero-order chi connectivity index (χ0) is 13.0. The highest BCUT2D eigenvalue weighted by Crippen LogP contribution is 2.34. The summed E-state index contributed by atoms with van der Waals surface area (Å²) in [6.07, 6.45) is 0.649. The monoisotopic (exact) mass is 260 g/mol. The number of carbonyl (C=O) groups is 1. The predicted octanol–water partition coefficient (Wildman–Crippen LogP) is 3.20. The van der Waals surface area contributed by atoms with Crippen molar-refractivity contribution in [1.82, 2.24) is 0 Å². The molecule has 0 radical (unpaired) electrons. The van der Waals surface area contributed by atoms with E-state index in [-0.39, 0.29) is 11.5 Å². The van der Waals surface area contributed by atoms with Crippen LogP contribution in [-0.4, -0.2) is 16.5 Å². The highest BCUT2D eigenvalue weighted by Gasteiger charge is 2.09. The summed E-state index contributed by atoms with van der Waals surface area (Å²) in [5.74, 6) is 0.0674. The van der Waals surface area contributed by atoms with Crippen molar-refractivity contribution >= 4 is 18.0 Å². The number of rotatable bonds is 4. The number of hydrogen-bond donors (Lipinski definition) is 2. The zero-order valence-corrected chi connectivity index (χ0v) is 10.4. The Morgan fingerprint density at radius 2 is 1.83 bits per heavy atom. The van der Waals surface area contributed by atoms with Gasteiger partial charge in [-0.05, 0) is 24.3 Å². The van der Waals surface area contributed by atoms with Crippen molar-refractivity contribution in [2.24, 2.45) is 0 Å². The normalized spacial score (nSPS) is 10.2. The van der Waals surface area contributed by atoms with Crippen LogP contribution < -0.4 is 0 Å². The van der Waals surface area contributed by atoms with Crippen LogP contribution in [0, 0.1) is 0 Å². The molecule has 2 aromatic carbocycles. The van der Waals surface area contributed by atoms with E-state index in [0.29, 0.717) is 23.2 Å². The van der Waals surface area contributed by atoms with E-state index in [0.717, 1.165) is 4.90 Å². The lowest BCUT2D eigenvalue weighted by Gasteiger charge is -2.07. The summed E-state index contributed by atoms with van der Waals surface area (Å²) in [4.78, 5) is 11.8. The predicted molar refractivity (Wildman–Crippen MR) is 71.2 cm³/mol. The fourth-order valence-electron chi connectivity index (χ4n) is 1.56. The van der Waals surface area contributed by atoms with Gasteiger partial charge in [-0.3, -0.25) is 4.79 Å². The molecule has 0 bridgehead atoms. The molecule has 2 N–H and O–H groups in total. The molecule has 4 heteroatoms. The fraction of sp³-hybridized carbons (Fsp3) is 0.0714. The Hall–Kier alpha value is -1.94. The largest absolute Gasteiger partial charge is 0.504 e. The Labute approximate surface area is 109 Å². The Balaban J connectivity index is 2.19. The summed E-state index contributed by atoms with van der Waals surface area (Å²) in [6, 6.07) is 12.6. The molecule has 0 amide bonds. The number of aldehydes is 1. The van der Waals surface area contributed by atoms with Crippen LogP contribution >= 0.6 is 11.8 Å². The minimum Gasteiger partial charge on any atom is -0.504 e. The number of benzene rings is 2. The summed E-state index contributed by atoms with van der Waals surface area (Å²) in [7, 11) is 0. The van der Waals surface area contributed by atoms with E-state index < -0.39 is 0 Å². The summed E-state index contributed by atoms with van der Waals surface area (Å²) >= 11 is 1.53. The van der Waals surface area contributed by atoms with Gasteiger partial charge in [0.15, 0.2) is 11.5 Å². The third kappa shape index (κ3) is 2.84. The smallest absolute Gasteiger partial charge is 0.161 e. The van der Waals surface area contributed by atoms with Crippen LogP contribution in [0.2, 0.25) is 0 Å². The van der Waals surface area contributed by atoms with Gasteiger partial charge in [-0.15, -0.1) is 11.8 Å². The molecule has 0 unspecified atom stereocenters. The first-order valence-electron chi connectivity index (χ1n) is 5.38. The number of carbonyl (C=O) groups excluding carboxylic acids is 1. The van der Waals surface area contributed by atoms with Gasteiger partial charge in [0.05, 0.1) is 0 Å². The molecule has 3 nitrogen and oxygen atoms in total. The molecule has 0 saturated heterocycles. The lowest BCUT2D eigenvalue weighted by Crippen LogP contribution is -1.87. The molecule has 0 aromatic heterocycles. The van der Waals surface area contributed by atoms with Crippen molar-refractivity contribution in [2.75, 3.05) is 0 Å². The van der Waals surface area contributed by atoms with E-state index in [1.165, 1.54) is 17.8 Å². The van der Waals surface area contributed by atoms with Gasteiger partial charge in [-0.25, -0.2) is 0 Å². The molecule has 0 aliphatic rings. The van der Waals surface area contributed by atoms with Crippen LogP contribution in [0.25, 0.3) is 0 Å². The van der Waals surface area contributed by atoms with E-state index in [4.69, 9.17) is 0 Å². The number of phenolic OH excluding ortho intramolecular Hbond substituents is 2.